The Morgan fingerprint density at radius 1 is 1.29 bits per heavy atom. The molecule has 2 heteroatoms. The summed E-state index contributed by atoms with van der Waals surface area (Å²) in [4.78, 5) is 1.35. The zero-order valence-electron chi connectivity index (χ0n) is 8.99. The molecule has 1 nitrogen and oxygen atoms in total. The van der Waals surface area contributed by atoms with E-state index in [1.807, 2.05) is 11.8 Å². The summed E-state index contributed by atoms with van der Waals surface area (Å²) in [5, 5.41) is 0. The second kappa shape index (κ2) is 6.10. The monoisotopic (exact) mass is 209 g/mol. The molecule has 1 aromatic rings. The summed E-state index contributed by atoms with van der Waals surface area (Å²) in [6.07, 6.45) is 2.18. The van der Waals surface area contributed by atoms with Gasteiger partial charge >= 0.3 is 0 Å². The fraction of sp³-hybridized carbons (Fsp3) is 0.500. The van der Waals surface area contributed by atoms with Gasteiger partial charge in [-0.25, -0.2) is 0 Å². The van der Waals surface area contributed by atoms with E-state index in [-0.39, 0.29) is 0 Å². The summed E-state index contributed by atoms with van der Waals surface area (Å²) in [7, 11) is 0. The molecule has 1 aromatic carbocycles. The van der Waals surface area contributed by atoms with E-state index in [0.29, 0.717) is 6.04 Å². The highest BCUT2D eigenvalue weighted by atomic mass is 32.2. The number of hydrogen-bond acceptors (Lipinski definition) is 2. The number of rotatable bonds is 5. The molecule has 0 saturated carbocycles. The third-order valence-electron chi connectivity index (χ3n) is 2.30. The van der Waals surface area contributed by atoms with Crippen molar-refractivity contribution in [2.75, 3.05) is 5.75 Å². The molecule has 0 aliphatic heterocycles. The lowest BCUT2D eigenvalue weighted by molar-refractivity contribution is 0.634. The van der Waals surface area contributed by atoms with Crippen molar-refractivity contribution in [2.24, 2.45) is 5.73 Å². The van der Waals surface area contributed by atoms with Crippen LogP contribution in [-0.2, 0) is 0 Å². The summed E-state index contributed by atoms with van der Waals surface area (Å²) < 4.78 is 0. The molecule has 0 bridgehead atoms. The molecule has 1 rings (SSSR count). The Hall–Kier alpha value is -0.470. The molecule has 78 valence electrons. The van der Waals surface area contributed by atoms with Gasteiger partial charge in [-0.2, -0.15) is 0 Å². The van der Waals surface area contributed by atoms with E-state index in [1.54, 1.807) is 0 Å². The van der Waals surface area contributed by atoms with Crippen molar-refractivity contribution in [2.45, 2.75) is 37.6 Å². The van der Waals surface area contributed by atoms with Gasteiger partial charge in [0.1, 0.15) is 0 Å². The van der Waals surface area contributed by atoms with Crippen molar-refractivity contribution in [3.05, 3.63) is 29.8 Å². The van der Waals surface area contributed by atoms with Crippen LogP contribution in [0.4, 0.5) is 0 Å². The Kier molecular flexibility index (Phi) is 5.05. The Balaban J connectivity index is 2.28. The van der Waals surface area contributed by atoms with Crippen LogP contribution in [0.15, 0.2) is 29.2 Å². The smallest absolute Gasteiger partial charge is 0.00721 e. The van der Waals surface area contributed by atoms with E-state index in [4.69, 9.17) is 5.73 Å². The van der Waals surface area contributed by atoms with Crippen LogP contribution in [0.5, 0.6) is 0 Å². The molecule has 0 fully saturated rings. The van der Waals surface area contributed by atoms with Crippen LogP contribution in [-0.4, -0.2) is 11.8 Å². The van der Waals surface area contributed by atoms with Crippen LogP contribution in [0.2, 0.25) is 0 Å². The highest BCUT2D eigenvalue weighted by Gasteiger charge is 1.99. The Labute approximate surface area is 91.1 Å². The molecule has 0 saturated heterocycles. The number of hydrogen-bond donors (Lipinski definition) is 1. The van der Waals surface area contributed by atoms with Crippen molar-refractivity contribution < 1.29 is 0 Å². The minimum absolute atomic E-state index is 0.368. The second-order valence-electron chi connectivity index (χ2n) is 3.62. The number of aryl methyl sites for hydroxylation is 1. The van der Waals surface area contributed by atoms with E-state index in [1.165, 1.54) is 10.5 Å². The van der Waals surface area contributed by atoms with Crippen LogP contribution in [0.25, 0.3) is 0 Å². The van der Waals surface area contributed by atoms with E-state index in [2.05, 4.69) is 38.1 Å². The first-order valence-electron chi connectivity index (χ1n) is 5.17. The van der Waals surface area contributed by atoms with Crippen LogP contribution < -0.4 is 5.73 Å². The lowest BCUT2D eigenvalue weighted by Gasteiger charge is -2.07. The molecular formula is C12H19NS. The van der Waals surface area contributed by atoms with Gasteiger partial charge in [0.25, 0.3) is 0 Å². The zero-order valence-corrected chi connectivity index (χ0v) is 9.81. The number of benzene rings is 1. The SMILES string of the molecule is CCC(N)CCSc1ccc(C)cc1. The molecule has 0 radical (unpaired) electrons. The van der Waals surface area contributed by atoms with Crippen molar-refractivity contribution in [1.29, 1.82) is 0 Å². The molecule has 0 aliphatic carbocycles. The Bertz CT molecular complexity index is 256. The average Bonchev–Trinajstić information content (AvgIpc) is 2.21. The molecule has 1 atom stereocenters. The average molecular weight is 209 g/mol. The number of nitrogens with two attached hydrogens (primary N) is 1. The van der Waals surface area contributed by atoms with Crippen LogP contribution in [0.1, 0.15) is 25.3 Å². The summed E-state index contributed by atoms with van der Waals surface area (Å²) in [6, 6.07) is 9.03. The molecule has 0 amide bonds. The van der Waals surface area contributed by atoms with Crippen LogP contribution in [0, 0.1) is 6.92 Å². The van der Waals surface area contributed by atoms with Gasteiger partial charge in [-0.15, -0.1) is 11.8 Å². The van der Waals surface area contributed by atoms with E-state index in [0.717, 1.165) is 18.6 Å². The van der Waals surface area contributed by atoms with Gasteiger partial charge in [-0.05, 0) is 37.7 Å². The Morgan fingerprint density at radius 2 is 1.93 bits per heavy atom. The van der Waals surface area contributed by atoms with Crippen molar-refractivity contribution >= 4 is 11.8 Å². The molecule has 0 aromatic heterocycles. The fourth-order valence-corrected chi connectivity index (χ4v) is 2.15. The van der Waals surface area contributed by atoms with Gasteiger partial charge in [-0.1, -0.05) is 24.6 Å². The predicted octanol–water partition coefficient (Wildman–Crippen LogP) is 3.21. The highest BCUT2D eigenvalue weighted by molar-refractivity contribution is 7.99. The summed E-state index contributed by atoms with van der Waals surface area (Å²) >= 11 is 1.89. The maximum atomic E-state index is 5.85. The van der Waals surface area contributed by atoms with Gasteiger partial charge in [0.15, 0.2) is 0 Å². The highest BCUT2D eigenvalue weighted by Crippen LogP contribution is 2.19. The van der Waals surface area contributed by atoms with Crippen LogP contribution in [0.3, 0.4) is 0 Å². The molecule has 0 heterocycles. The van der Waals surface area contributed by atoms with Gasteiger partial charge in [0.2, 0.25) is 0 Å². The van der Waals surface area contributed by atoms with Gasteiger partial charge < -0.3 is 5.73 Å². The molecule has 0 spiro atoms. The topological polar surface area (TPSA) is 26.0 Å². The zero-order chi connectivity index (χ0) is 10.4. The first-order chi connectivity index (χ1) is 6.72. The van der Waals surface area contributed by atoms with E-state index < -0.39 is 0 Å². The van der Waals surface area contributed by atoms with Crippen molar-refractivity contribution in [1.82, 2.24) is 0 Å². The summed E-state index contributed by atoms with van der Waals surface area (Å²) in [5.41, 5.74) is 7.17. The normalized spacial score (nSPS) is 12.8. The first kappa shape index (κ1) is 11.6. The largest absolute Gasteiger partial charge is 0.328 e. The molecule has 1 unspecified atom stereocenters. The first-order valence-corrected chi connectivity index (χ1v) is 6.16. The lowest BCUT2D eigenvalue weighted by Crippen LogP contribution is -2.18. The standard InChI is InChI=1S/C12H19NS/c1-3-11(13)8-9-14-12-6-4-10(2)5-7-12/h4-7,11H,3,8-9,13H2,1-2H3. The lowest BCUT2D eigenvalue weighted by atomic mass is 10.2. The molecule has 14 heavy (non-hydrogen) atoms. The summed E-state index contributed by atoms with van der Waals surface area (Å²) in [6.45, 7) is 4.25. The van der Waals surface area contributed by atoms with E-state index in [9.17, 15) is 0 Å². The molecule has 2 N–H and O–H groups in total. The van der Waals surface area contributed by atoms with Gasteiger partial charge in [0, 0.05) is 10.9 Å². The van der Waals surface area contributed by atoms with Gasteiger partial charge in [0.05, 0.1) is 0 Å². The van der Waals surface area contributed by atoms with Crippen molar-refractivity contribution in [3.63, 3.8) is 0 Å². The summed E-state index contributed by atoms with van der Waals surface area (Å²) in [5.74, 6) is 1.12. The fourth-order valence-electron chi connectivity index (χ4n) is 1.17. The second-order valence-corrected chi connectivity index (χ2v) is 4.79. The van der Waals surface area contributed by atoms with Crippen molar-refractivity contribution in [3.8, 4) is 0 Å². The van der Waals surface area contributed by atoms with E-state index >= 15 is 0 Å². The number of thioether (sulfide) groups is 1. The quantitative estimate of drug-likeness (QED) is 0.754. The molecule has 0 aliphatic rings. The Morgan fingerprint density at radius 3 is 2.50 bits per heavy atom. The minimum Gasteiger partial charge on any atom is -0.328 e. The predicted molar refractivity (Wildman–Crippen MR) is 64.8 cm³/mol. The maximum Gasteiger partial charge on any atom is 0.00721 e. The van der Waals surface area contributed by atoms with Gasteiger partial charge in [-0.3, -0.25) is 0 Å². The third kappa shape index (κ3) is 4.16. The maximum absolute atomic E-state index is 5.85. The molecular weight excluding hydrogens is 190 g/mol. The minimum atomic E-state index is 0.368. The third-order valence-corrected chi connectivity index (χ3v) is 3.35. The van der Waals surface area contributed by atoms with Crippen LogP contribution >= 0.6 is 11.8 Å².